The zero-order chi connectivity index (χ0) is 29.1. The van der Waals surface area contributed by atoms with Gasteiger partial charge >= 0.3 is 0 Å². The van der Waals surface area contributed by atoms with Gasteiger partial charge in [0.2, 0.25) is 0 Å². The lowest BCUT2D eigenvalue weighted by Gasteiger charge is -2.57. The molecule has 4 aliphatic carbocycles. The van der Waals surface area contributed by atoms with Gasteiger partial charge in [0.25, 0.3) is 11.1 Å². The summed E-state index contributed by atoms with van der Waals surface area (Å²) in [7, 11) is 3.42. The molecule has 3 aromatic rings. The molecule has 11 nitrogen and oxygen atoms in total. The fourth-order valence-corrected chi connectivity index (χ4v) is 7.68. The number of nitrogens with zero attached hydrogens (tertiary/aromatic N) is 6. The van der Waals surface area contributed by atoms with Gasteiger partial charge in [0.1, 0.15) is 29.6 Å². The second kappa shape index (κ2) is 9.97. The van der Waals surface area contributed by atoms with Crippen LogP contribution in [0.3, 0.4) is 0 Å². The third-order valence-electron chi connectivity index (χ3n) is 9.00. The minimum Gasteiger partial charge on any atom is -0.472 e. The van der Waals surface area contributed by atoms with E-state index in [1.54, 1.807) is 52.8 Å². The zero-order valence-corrected chi connectivity index (χ0v) is 24.2. The van der Waals surface area contributed by atoms with Crippen LogP contribution >= 0.6 is 0 Å². The van der Waals surface area contributed by atoms with Crippen molar-refractivity contribution >= 4 is 34.9 Å². The molecule has 4 saturated carbocycles. The van der Waals surface area contributed by atoms with Gasteiger partial charge in [-0.2, -0.15) is 0 Å². The van der Waals surface area contributed by atoms with Crippen molar-refractivity contribution in [1.82, 2.24) is 29.4 Å². The van der Waals surface area contributed by atoms with E-state index in [9.17, 15) is 9.59 Å². The van der Waals surface area contributed by atoms with Crippen molar-refractivity contribution in [2.45, 2.75) is 52.4 Å². The van der Waals surface area contributed by atoms with Crippen molar-refractivity contribution in [3.8, 4) is 0 Å². The summed E-state index contributed by atoms with van der Waals surface area (Å²) in [4.78, 5) is 32.6. The maximum atomic E-state index is 11.9. The number of nitrogens with one attached hydrogen (secondary N) is 2. The molecule has 2 aliphatic heterocycles. The number of rotatable bonds is 2. The maximum absolute atomic E-state index is 11.9. The summed E-state index contributed by atoms with van der Waals surface area (Å²) in [6.07, 6.45) is 11.2. The highest BCUT2D eigenvalue weighted by molar-refractivity contribution is 6.04. The van der Waals surface area contributed by atoms with Crippen molar-refractivity contribution in [2.75, 3.05) is 0 Å². The third-order valence-corrected chi connectivity index (χ3v) is 9.00. The fraction of sp³-hybridized carbons (Fsp3) is 0.467. The van der Waals surface area contributed by atoms with Gasteiger partial charge in [0.15, 0.2) is 11.6 Å². The highest BCUT2D eigenvalue weighted by Gasteiger charge is 2.54. The van der Waals surface area contributed by atoms with Crippen LogP contribution in [0.4, 0.5) is 11.6 Å². The van der Waals surface area contributed by atoms with Crippen molar-refractivity contribution < 1.29 is 4.42 Å². The molecule has 0 unspecified atom stereocenters. The molecule has 0 radical (unpaired) electrons. The minimum absolute atomic E-state index is 0.0338. The molecule has 0 atom stereocenters. The van der Waals surface area contributed by atoms with E-state index in [0.717, 1.165) is 40.8 Å². The number of aliphatic imine (C=N–C) groups is 2. The summed E-state index contributed by atoms with van der Waals surface area (Å²) >= 11 is 0. The molecule has 0 saturated heterocycles. The molecular formula is C30H38N8O3. The summed E-state index contributed by atoms with van der Waals surface area (Å²) in [5.74, 6) is 6.93. The van der Waals surface area contributed by atoms with Crippen LogP contribution in [0.25, 0.3) is 11.6 Å². The van der Waals surface area contributed by atoms with E-state index in [1.165, 1.54) is 49.3 Å². The van der Waals surface area contributed by atoms with Crippen LogP contribution in [0, 0.1) is 23.2 Å². The highest BCUT2D eigenvalue weighted by atomic mass is 16.3. The van der Waals surface area contributed by atoms with Crippen LogP contribution in [0.15, 0.2) is 67.9 Å². The standard InChI is InChI=1S/C17H22N4O.C11H10N4O2.C2H6/c1-10-18-16(19-14-6-15(22)20(2)21(10)14)17-7-11-3-12(8-17)5-13(4-11)9-17;1-7-12-11(8-3-4-17-6-8)13-9-5-10(16)14(2)15(7)9;1-2/h6,11-13H,1,3-5,7-9H2,2H3,(H,18,19);3-6H,1H2,2H3,(H,12,13);1-2H3. The van der Waals surface area contributed by atoms with Gasteiger partial charge in [0.05, 0.1) is 11.8 Å². The van der Waals surface area contributed by atoms with E-state index in [-0.39, 0.29) is 16.5 Å². The summed E-state index contributed by atoms with van der Waals surface area (Å²) < 4.78 is 11.4. The first-order valence-corrected chi connectivity index (χ1v) is 14.4. The Balaban J connectivity index is 0.000000144. The Bertz CT molecular complexity index is 1660. The van der Waals surface area contributed by atoms with Crippen LogP contribution in [0.2, 0.25) is 0 Å². The van der Waals surface area contributed by atoms with Crippen molar-refractivity contribution in [1.29, 1.82) is 0 Å². The molecule has 5 heterocycles. The lowest BCUT2D eigenvalue weighted by molar-refractivity contribution is -0.0137. The third kappa shape index (κ3) is 4.43. The Morgan fingerprint density at radius 2 is 1.37 bits per heavy atom. The van der Waals surface area contributed by atoms with Gasteiger partial charge in [-0.1, -0.05) is 27.0 Å². The monoisotopic (exact) mass is 558 g/mol. The van der Waals surface area contributed by atoms with E-state index in [2.05, 4.69) is 28.8 Å². The van der Waals surface area contributed by atoms with Gasteiger partial charge in [-0.3, -0.25) is 9.59 Å². The molecule has 6 aliphatic rings. The second-order valence-electron chi connectivity index (χ2n) is 11.6. The van der Waals surface area contributed by atoms with Gasteiger partial charge in [0, 0.05) is 31.6 Å². The summed E-state index contributed by atoms with van der Waals surface area (Å²) in [6.45, 7) is 12.0. The number of aromatic nitrogens is 4. The molecule has 3 aromatic heterocycles. The smallest absolute Gasteiger partial charge is 0.269 e. The van der Waals surface area contributed by atoms with E-state index < -0.39 is 0 Å². The summed E-state index contributed by atoms with van der Waals surface area (Å²) in [5, 5.41) is 6.47. The zero-order valence-electron chi connectivity index (χ0n) is 24.2. The lowest BCUT2D eigenvalue weighted by Crippen LogP contribution is -2.54. The van der Waals surface area contributed by atoms with Gasteiger partial charge in [-0.05, 0) is 62.3 Å². The number of amidine groups is 2. The summed E-state index contributed by atoms with van der Waals surface area (Å²) in [6, 6.07) is 4.87. The first kappa shape index (κ1) is 26.9. The number of hydrogen-bond acceptors (Lipinski definition) is 7. The summed E-state index contributed by atoms with van der Waals surface area (Å²) in [5.41, 5.74) is 0.858. The molecule has 9 rings (SSSR count). The molecule has 0 aromatic carbocycles. The van der Waals surface area contributed by atoms with Crippen LogP contribution in [-0.2, 0) is 14.1 Å². The average Bonchev–Trinajstić information content (AvgIpc) is 3.64. The predicted octanol–water partition coefficient (Wildman–Crippen LogP) is 4.38. The van der Waals surface area contributed by atoms with Gasteiger partial charge in [-0.15, -0.1) is 0 Å². The number of fused-ring (bicyclic) bond motifs is 2. The van der Waals surface area contributed by atoms with E-state index >= 15 is 0 Å². The van der Waals surface area contributed by atoms with Crippen molar-refractivity contribution in [3.63, 3.8) is 0 Å². The molecule has 0 amide bonds. The van der Waals surface area contributed by atoms with Crippen LogP contribution in [0.5, 0.6) is 0 Å². The molecule has 41 heavy (non-hydrogen) atoms. The van der Waals surface area contributed by atoms with Gasteiger partial charge < -0.3 is 15.1 Å². The first-order valence-electron chi connectivity index (χ1n) is 14.4. The molecule has 216 valence electrons. The molecule has 11 heteroatoms. The Hall–Kier alpha value is -4.28. The minimum atomic E-state index is -0.125. The Labute approximate surface area is 238 Å². The molecule has 4 bridgehead atoms. The van der Waals surface area contributed by atoms with Crippen molar-refractivity contribution in [3.05, 3.63) is 70.2 Å². The fourth-order valence-electron chi connectivity index (χ4n) is 7.68. The Kier molecular flexibility index (Phi) is 6.55. The largest absolute Gasteiger partial charge is 0.472 e. The maximum Gasteiger partial charge on any atom is 0.269 e. The highest BCUT2D eigenvalue weighted by Crippen LogP contribution is 2.60. The van der Waals surface area contributed by atoms with E-state index in [4.69, 9.17) is 9.41 Å². The quantitative estimate of drug-likeness (QED) is 0.484. The Morgan fingerprint density at radius 3 is 1.88 bits per heavy atom. The first-order chi connectivity index (χ1) is 19.7. The molecule has 4 fully saturated rings. The van der Waals surface area contributed by atoms with Gasteiger partial charge in [-0.25, -0.2) is 28.7 Å². The second-order valence-corrected chi connectivity index (χ2v) is 11.6. The predicted molar refractivity (Wildman–Crippen MR) is 160 cm³/mol. The molecule has 0 spiro atoms. The molecular weight excluding hydrogens is 520 g/mol. The van der Waals surface area contributed by atoms with Crippen LogP contribution in [0.1, 0.15) is 57.9 Å². The molecule has 2 N–H and O–H groups in total. The topological polar surface area (TPSA) is 116 Å². The van der Waals surface area contributed by atoms with Crippen molar-refractivity contribution in [2.24, 2.45) is 47.2 Å². The van der Waals surface area contributed by atoms with E-state index in [0.29, 0.717) is 17.5 Å². The average molecular weight is 559 g/mol. The number of hydrogen-bond donors (Lipinski definition) is 2. The Morgan fingerprint density at radius 1 is 0.854 bits per heavy atom. The van der Waals surface area contributed by atoms with Crippen LogP contribution in [-0.4, -0.2) is 30.4 Å². The number of furan rings is 1. The SMILES string of the molecule is C=C1NC(C23CC4CC(CC(C4)C2)C3)=Nc2cc(=O)n(C)n21.C=C1NC(c2ccoc2)=Nc2cc(=O)n(C)n21.CC. The van der Waals surface area contributed by atoms with Crippen LogP contribution < -0.4 is 21.8 Å². The normalized spacial score (nSPS) is 26.8. The lowest BCUT2D eigenvalue weighted by atomic mass is 9.49. The van der Waals surface area contributed by atoms with E-state index in [1.807, 2.05) is 13.8 Å².